The Labute approximate surface area is 876 Å². The van der Waals surface area contributed by atoms with Gasteiger partial charge in [-0.3, -0.25) is 19.2 Å². The summed E-state index contributed by atoms with van der Waals surface area (Å²) in [5.41, 5.74) is 2.67. The molecule has 32 bridgehead atoms. The van der Waals surface area contributed by atoms with Crippen molar-refractivity contribution < 1.29 is 87.0 Å². The number of hydrogen-bond donors (Lipinski definition) is 4. The monoisotopic (exact) mass is 2020 g/mol. The van der Waals surface area contributed by atoms with Crippen LogP contribution in [-0.4, -0.2) is 162 Å². The van der Waals surface area contributed by atoms with Crippen molar-refractivity contribution in [3.63, 3.8) is 0 Å². The fraction of sp³-hybridized carbons (Fsp3) is 0.969. The van der Waals surface area contributed by atoms with Crippen LogP contribution in [0, 0.1) is 185 Å². The molecule has 34 aliphatic carbocycles. The average Bonchev–Trinajstić information content (AvgIpc) is 0.730. The molecule has 34 aliphatic rings. The molecule has 34 saturated carbocycles. The van der Waals surface area contributed by atoms with E-state index in [2.05, 4.69) is 55.4 Å². The zero-order chi connectivity index (χ0) is 101. The highest BCUT2D eigenvalue weighted by Crippen LogP contribution is 2.70. The minimum atomic E-state index is -0.559. The summed E-state index contributed by atoms with van der Waals surface area (Å²) in [4.78, 5) is 47.4. The molecule has 0 aromatic heterocycles. The molecule has 0 heterocycles. The standard InChI is InChI=1S/2C27H44O4.C27H40O4.C27H44O2.C19H32O4/c1-23(2,30-5-3-24-9-19-7-20(10-24)14-26(28,13-19)17-24)31-6-4-25-11-21-8-22(12-25)16-27(29,15-21)18-25;2*1-25(2,30-5-3-26-11-17-7-19(13-26)23(28)20(8-17)14-26)31-6-4-27-12-18-9-21(15-27)24(29)22(10-18)16-27;1-25(2,28-5-3-26-13-19-7-20(14-26)9-21(8-19)15-26)29-6-4-27-16-22-10-23(17-27)12-24(11-22)18-27;1-19(2,22-13-11-15-3-7-17(20)8-4-15)23-14-12-16-5-9-18(21)10-6-16/h19-22,28-29H,3-18H2,1-2H3;17-24,28-29H,3-16H2,1-2H3;17-22H,3-16H2,1-2H3;19-24H,3-18H2,1-2H3;15-16H,3-14H2,1-2H3. The molecule has 0 aliphatic heterocycles. The number of carbonyl (C=O) groups is 4. The molecule has 0 saturated heterocycles. The lowest BCUT2D eigenvalue weighted by Crippen LogP contribution is -2.56. The van der Waals surface area contributed by atoms with Crippen LogP contribution in [0.3, 0.4) is 0 Å². The molecule has 820 valence electrons. The Kier molecular flexibility index (Phi) is 31.0. The molecule has 0 amide bonds. The first kappa shape index (κ1) is 107. The molecule has 12 unspecified atom stereocenters. The third-order valence-electron chi connectivity index (χ3n) is 47.5. The number of aliphatic hydroxyl groups is 4. The van der Waals surface area contributed by atoms with Gasteiger partial charge in [-0.05, 0) is 603 Å². The highest BCUT2D eigenvalue weighted by molar-refractivity contribution is 5.86. The Balaban J connectivity index is 0.000000104. The zero-order valence-electron chi connectivity index (χ0n) is 92.9. The van der Waals surface area contributed by atoms with Crippen molar-refractivity contribution in [2.75, 3.05) is 66.1 Å². The van der Waals surface area contributed by atoms with E-state index in [1.54, 1.807) is 0 Å². The molecule has 0 aromatic rings. The molecule has 34 rings (SSSR count). The number of carbonyl (C=O) groups excluding carboxylic acids is 4. The second-order valence-corrected chi connectivity index (χ2v) is 61.6. The van der Waals surface area contributed by atoms with Crippen molar-refractivity contribution in [1.29, 1.82) is 0 Å². The quantitative estimate of drug-likeness (QED) is 0.0417. The van der Waals surface area contributed by atoms with Gasteiger partial charge in [-0.1, -0.05) is 0 Å². The lowest BCUT2D eigenvalue weighted by molar-refractivity contribution is -0.233. The van der Waals surface area contributed by atoms with Crippen molar-refractivity contribution in [2.45, 2.75) is 520 Å². The summed E-state index contributed by atoms with van der Waals surface area (Å²) >= 11 is 0. The highest BCUT2D eigenvalue weighted by Gasteiger charge is 2.64. The van der Waals surface area contributed by atoms with Gasteiger partial charge < -0.3 is 67.8 Å². The van der Waals surface area contributed by atoms with Crippen LogP contribution in [0.2, 0.25) is 0 Å². The molecule has 0 radical (unpaired) electrons. The summed E-state index contributed by atoms with van der Waals surface area (Å²) < 4.78 is 62.3. The SMILES string of the molecule is CC(C)(OCCC12CC3CC(C1)C(=O)C(C3)C2)OCCC12CC3CC(C1)C(=O)C(C3)C2.CC(C)(OCCC12CC3CC(C1)C(O)C(C3)C2)OCCC12CC3CC(C1)C(O)C(C3)C2.CC(C)(OCCC12CC3CC(CC(C3)C1)C2)OCCC12CC3CC(CC(C3)C1)C2.CC(C)(OCCC12CC3CC(CC(O)(C3)C1)C2)OCCC12CC3CC(CC(O)(C3)C1)C2.CC(C)(OCCC1CCC(=O)CC1)OCCC1CCC(=O)CC1. The summed E-state index contributed by atoms with van der Waals surface area (Å²) in [7, 11) is 0. The third kappa shape index (κ3) is 25.0. The van der Waals surface area contributed by atoms with E-state index in [0.717, 1.165) is 328 Å². The number of hydrogen-bond acceptors (Lipinski definition) is 18. The summed E-state index contributed by atoms with van der Waals surface area (Å²) in [5.74, 6) is 16.7. The Morgan fingerprint density at radius 3 is 0.648 bits per heavy atom. The van der Waals surface area contributed by atoms with E-state index >= 15 is 0 Å². The summed E-state index contributed by atoms with van der Waals surface area (Å²) in [6, 6.07) is 0. The maximum atomic E-state index is 12.4. The predicted octanol–water partition coefficient (Wildman–Crippen LogP) is 26.5. The molecule has 145 heavy (non-hydrogen) atoms. The van der Waals surface area contributed by atoms with Gasteiger partial charge >= 0.3 is 0 Å². The largest absolute Gasteiger partial charge is 0.393 e. The van der Waals surface area contributed by atoms with Gasteiger partial charge in [0.2, 0.25) is 0 Å². The normalized spacial score (nSPS) is 45.9. The van der Waals surface area contributed by atoms with Crippen molar-refractivity contribution in [2.24, 2.45) is 185 Å². The third-order valence-corrected chi connectivity index (χ3v) is 47.5. The van der Waals surface area contributed by atoms with Crippen LogP contribution in [0.15, 0.2) is 0 Å². The van der Waals surface area contributed by atoms with Crippen LogP contribution in [0.5, 0.6) is 0 Å². The number of rotatable bonds is 40. The van der Waals surface area contributed by atoms with Gasteiger partial charge in [0.05, 0.1) is 89.5 Å². The molecule has 18 nitrogen and oxygen atoms in total. The van der Waals surface area contributed by atoms with E-state index in [0.29, 0.717) is 139 Å². The zero-order valence-corrected chi connectivity index (χ0v) is 92.9. The van der Waals surface area contributed by atoms with Crippen molar-refractivity contribution in [3.8, 4) is 0 Å². The van der Waals surface area contributed by atoms with Gasteiger partial charge in [-0.2, -0.15) is 0 Å². The fourth-order valence-electron chi connectivity index (χ4n) is 43.8. The molecule has 34 fully saturated rings. The Hall–Kier alpha value is -1.88. The molecule has 0 spiro atoms. The summed E-state index contributed by atoms with van der Waals surface area (Å²) in [5, 5.41) is 43.1. The van der Waals surface area contributed by atoms with E-state index in [1.165, 1.54) is 205 Å². The van der Waals surface area contributed by atoms with Gasteiger partial charge in [0.25, 0.3) is 0 Å². The van der Waals surface area contributed by atoms with Gasteiger partial charge in [0.1, 0.15) is 23.1 Å². The molecule has 12 atom stereocenters. The van der Waals surface area contributed by atoms with Crippen LogP contribution >= 0.6 is 0 Å². The van der Waals surface area contributed by atoms with Crippen LogP contribution < -0.4 is 0 Å². The van der Waals surface area contributed by atoms with Crippen LogP contribution in [0.1, 0.15) is 467 Å². The predicted molar refractivity (Wildman–Crippen MR) is 561 cm³/mol. The maximum absolute atomic E-state index is 12.4. The molecular formula is C127H204O18. The van der Waals surface area contributed by atoms with Gasteiger partial charge in [0, 0.05) is 49.4 Å². The Bertz CT molecular complexity index is 4010. The van der Waals surface area contributed by atoms with Crippen LogP contribution in [0.25, 0.3) is 0 Å². The Morgan fingerprint density at radius 1 is 0.228 bits per heavy atom. The fourth-order valence-corrected chi connectivity index (χ4v) is 43.8. The van der Waals surface area contributed by atoms with E-state index in [-0.39, 0.29) is 23.4 Å². The number of ketones is 4. The maximum Gasteiger partial charge on any atom is 0.162 e. The molecule has 0 aromatic carbocycles. The van der Waals surface area contributed by atoms with Crippen molar-refractivity contribution >= 4 is 23.1 Å². The average molecular weight is 2020 g/mol. The van der Waals surface area contributed by atoms with Crippen LogP contribution in [-0.2, 0) is 66.5 Å². The highest BCUT2D eigenvalue weighted by atomic mass is 16.7. The van der Waals surface area contributed by atoms with E-state index in [1.807, 2.05) is 13.8 Å². The summed E-state index contributed by atoms with van der Waals surface area (Å²) in [6.07, 6.45) is 74.6. The minimum Gasteiger partial charge on any atom is -0.393 e. The van der Waals surface area contributed by atoms with Crippen molar-refractivity contribution in [1.82, 2.24) is 0 Å². The lowest BCUT2D eigenvalue weighted by Gasteiger charge is -2.60. The van der Waals surface area contributed by atoms with Gasteiger partial charge in [0.15, 0.2) is 28.9 Å². The first-order chi connectivity index (χ1) is 68.9. The first-order valence-electron chi connectivity index (χ1n) is 62.2. The van der Waals surface area contributed by atoms with Crippen LogP contribution in [0.4, 0.5) is 0 Å². The van der Waals surface area contributed by atoms with Gasteiger partial charge in [-0.15, -0.1) is 0 Å². The minimum absolute atomic E-state index is 0.0314. The van der Waals surface area contributed by atoms with Gasteiger partial charge in [-0.25, -0.2) is 0 Å². The molecular weight excluding hydrogens is 1810 g/mol. The molecule has 18 heteroatoms. The van der Waals surface area contributed by atoms with E-state index in [4.69, 9.17) is 47.4 Å². The summed E-state index contributed by atoms with van der Waals surface area (Å²) in [6.45, 7) is 28.4. The topological polar surface area (TPSA) is 241 Å². The Morgan fingerprint density at radius 2 is 0.414 bits per heavy atom. The van der Waals surface area contributed by atoms with E-state index in [9.17, 15) is 39.6 Å². The number of aliphatic hydroxyl groups excluding tert-OH is 2. The van der Waals surface area contributed by atoms with E-state index < -0.39 is 28.9 Å². The molecule has 4 N–H and O–H groups in total. The van der Waals surface area contributed by atoms with Crippen molar-refractivity contribution in [3.05, 3.63) is 0 Å². The first-order valence-corrected chi connectivity index (χ1v) is 62.2. The number of ether oxygens (including phenoxy) is 10. The second kappa shape index (κ2) is 41.8. The lowest BCUT2D eigenvalue weighted by atomic mass is 9.47. The number of Topliss-reactive ketones (excluding diaryl/α,β-unsaturated/α-hetero) is 4. The smallest absolute Gasteiger partial charge is 0.162 e. The second-order valence-electron chi connectivity index (χ2n) is 61.6.